The third-order valence-electron chi connectivity index (χ3n) is 2.86. The van der Waals surface area contributed by atoms with Crippen molar-refractivity contribution in [2.24, 2.45) is 5.73 Å². The lowest BCUT2D eigenvalue weighted by Gasteiger charge is -2.08. The van der Waals surface area contributed by atoms with Gasteiger partial charge < -0.3 is 11.1 Å². The number of rotatable bonds is 4. The minimum absolute atomic E-state index is 0.213. The van der Waals surface area contributed by atoms with Crippen LogP contribution in [0.25, 0.3) is 10.2 Å². The minimum atomic E-state index is 0.213. The third-order valence-corrected chi connectivity index (χ3v) is 3.97. The number of hydrogen-bond donors (Lipinski definition) is 2. The van der Waals surface area contributed by atoms with Gasteiger partial charge in [0.1, 0.15) is 17.0 Å². The Bertz CT molecular complexity index is 518. The lowest BCUT2D eigenvalue weighted by Crippen LogP contribution is -2.19. The van der Waals surface area contributed by atoms with Crippen LogP contribution in [-0.4, -0.2) is 22.6 Å². The summed E-state index contributed by atoms with van der Waals surface area (Å²) in [5.41, 5.74) is 7.00. The van der Waals surface area contributed by atoms with Crippen LogP contribution in [0, 0.1) is 13.8 Å². The summed E-state index contributed by atoms with van der Waals surface area (Å²) in [5, 5.41) is 4.50. The molecule has 0 aliphatic heterocycles. The average Bonchev–Trinajstić information content (AvgIpc) is 2.55. The minimum Gasteiger partial charge on any atom is -0.369 e. The molecular weight excluding hydrogens is 232 g/mol. The summed E-state index contributed by atoms with van der Waals surface area (Å²) >= 11 is 1.72. The van der Waals surface area contributed by atoms with Gasteiger partial charge >= 0.3 is 0 Å². The van der Waals surface area contributed by atoms with Crippen LogP contribution in [0.5, 0.6) is 0 Å². The van der Waals surface area contributed by atoms with Crippen molar-refractivity contribution in [2.75, 3.05) is 11.9 Å². The largest absolute Gasteiger partial charge is 0.369 e. The summed E-state index contributed by atoms with van der Waals surface area (Å²) in [6, 6.07) is 0.213. The van der Waals surface area contributed by atoms with Gasteiger partial charge in [0.15, 0.2) is 0 Å². The molecule has 1 atom stereocenters. The Balaban J connectivity index is 2.27. The molecule has 2 aromatic heterocycles. The second kappa shape index (κ2) is 4.98. The number of aromatic nitrogens is 2. The number of nitrogens with one attached hydrogen (secondary N) is 1. The Morgan fingerprint density at radius 2 is 2.18 bits per heavy atom. The van der Waals surface area contributed by atoms with Crippen molar-refractivity contribution in [1.29, 1.82) is 0 Å². The number of thiophene rings is 1. The lowest BCUT2D eigenvalue weighted by molar-refractivity contribution is 0.689. The van der Waals surface area contributed by atoms with Gasteiger partial charge in [-0.05, 0) is 32.8 Å². The topological polar surface area (TPSA) is 63.8 Å². The van der Waals surface area contributed by atoms with Gasteiger partial charge in [0.25, 0.3) is 0 Å². The van der Waals surface area contributed by atoms with Gasteiger partial charge in [-0.1, -0.05) is 0 Å². The highest BCUT2D eigenvalue weighted by Crippen LogP contribution is 2.32. The summed E-state index contributed by atoms with van der Waals surface area (Å²) in [4.78, 5) is 11.0. The summed E-state index contributed by atoms with van der Waals surface area (Å²) in [6.45, 7) is 7.09. The Morgan fingerprint density at radius 1 is 1.41 bits per heavy atom. The van der Waals surface area contributed by atoms with Crippen molar-refractivity contribution in [2.45, 2.75) is 33.2 Å². The van der Waals surface area contributed by atoms with E-state index in [1.807, 2.05) is 6.92 Å². The van der Waals surface area contributed by atoms with Crippen LogP contribution in [0.3, 0.4) is 0 Å². The molecule has 0 saturated heterocycles. The maximum atomic E-state index is 5.73. The highest BCUT2D eigenvalue weighted by Gasteiger charge is 2.11. The van der Waals surface area contributed by atoms with Crippen molar-refractivity contribution in [1.82, 2.24) is 9.97 Å². The maximum absolute atomic E-state index is 5.73. The summed E-state index contributed by atoms with van der Waals surface area (Å²) < 4.78 is 0. The predicted molar refractivity (Wildman–Crippen MR) is 73.6 cm³/mol. The van der Waals surface area contributed by atoms with Crippen molar-refractivity contribution in [3.05, 3.63) is 16.8 Å². The maximum Gasteiger partial charge on any atom is 0.138 e. The molecule has 2 heterocycles. The molecule has 0 aromatic carbocycles. The first-order valence-electron chi connectivity index (χ1n) is 5.79. The molecule has 4 nitrogen and oxygen atoms in total. The number of anilines is 1. The van der Waals surface area contributed by atoms with Crippen LogP contribution in [0.4, 0.5) is 5.82 Å². The summed E-state index contributed by atoms with van der Waals surface area (Å²) in [7, 11) is 0. The molecule has 1 unspecified atom stereocenters. The van der Waals surface area contributed by atoms with Gasteiger partial charge in [0.2, 0.25) is 0 Å². The third kappa shape index (κ3) is 2.56. The van der Waals surface area contributed by atoms with E-state index in [4.69, 9.17) is 5.73 Å². The Morgan fingerprint density at radius 3 is 2.88 bits per heavy atom. The molecule has 0 fully saturated rings. The van der Waals surface area contributed by atoms with Gasteiger partial charge in [-0.2, -0.15) is 0 Å². The molecule has 0 aliphatic carbocycles. The van der Waals surface area contributed by atoms with E-state index >= 15 is 0 Å². The van der Waals surface area contributed by atoms with E-state index in [1.165, 1.54) is 10.4 Å². The van der Waals surface area contributed by atoms with Crippen LogP contribution >= 0.6 is 11.3 Å². The van der Waals surface area contributed by atoms with E-state index in [9.17, 15) is 0 Å². The van der Waals surface area contributed by atoms with Gasteiger partial charge in [-0.3, -0.25) is 0 Å². The Hall–Kier alpha value is -1.20. The first kappa shape index (κ1) is 12.3. The zero-order valence-corrected chi connectivity index (χ0v) is 11.3. The van der Waals surface area contributed by atoms with E-state index in [2.05, 4.69) is 29.1 Å². The van der Waals surface area contributed by atoms with Gasteiger partial charge in [0, 0.05) is 17.5 Å². The number of fused-ring (bicyclic) bond motifs is 1. The standard InChI is InChI=1S/C12H18N4S/c1-7(13)4-5-14-11-10-8(2)9(3)17-12(10)16-6-15-11/h6-7H,4-5,13H2,1-3H3,(H,14,15,16). The summed E-state index contributed by atoms with van der Waals surface area (Å²) in [6.07, 6.45) is 2.56. The fourth-order valence-electron chi connectivity index (χ4n) is 1.73. The molecule has 0 amide bonds. The molecule has 3 N–H and O–H groups in total. The fraction of sp³-hybridized carbons (Fsp3) is 0.500. The summed E-state index contributed by atoms with van der Waals surface area (Å²) in [5.74, 6) is 0.928. The second-order valence-corrected chi connectivity index (χ2v) is 5.58. The van der Waals surface area contributed by atoms with Gasteiger partial charge in [-0.25, -0.2) is 9.97 Å². The smallest absolute Gasteiger partial charge is 0.138 e. The average molecular weight is 250 g/mol. The van der Waals surface area contributed by atoms with Crippen LogP contribution in [0.2, 0.25) is 0 Å². The first-order valence-corrected chi connectivity index (χ1v) is 6.61. The predicted octanol–water partition coefficient (Wildman–Crippen LogP) is 2.46. The van der Waals surface area contributed by atoms with E-state index in [1.54, 1.807) is 17.7 Å². The second-order valence-electron chi connectivity index (χ2n) is 4.38. The molecule has 0 radical (unpaired) electrons. The highest BCUT2D eigenvalue weighted by atomic mass is 32.1. The first-order chi connectivity index (χ1) is 8.09. The molecule has 0 aliphatic rings. The van der Waals surface area contributed by atoms with E-state index in [0.717, 1.165) is 29.0 Å². The fourth-order valence-corrected chi connectivity index (χ4v) is 2.73. The molecule has 5 heteroatoms. The van der Waals surface area contributed by atoms with Crippen molar-refractivity contribution < 1.29 is 0 Å². The van der Waals surface area contributed by atoms with Crippen molar-refractivity contribution in [3.8, 4) is 0 Å². The van der Waals surface area contributed by atoms with Crippen molar-refractivity contribution in [3.63, 3.8) is 0 Å². The zero-order valence-electron chi connectivity index (χ0n) is 10.4. The number of nitrogens with two attached hydrogens (primary N) is 1. The monoisotopic (exact) mass is 250 g/mol. The molecule has 2 aromatic rings. The number of aryl methyl sites for hydroxylation is 2. The number of nitrogens with zero attached hydrogens (tertiary/aromatic N) is 2. The molecular formula is C12H18N4S. The highest BCUT2D eigenvalue weighted by molar-refractivity contribution is 7.18. The van der Waals surface area contributed by atoms with E-state index in [0.29, 0.717) is 0 Å². The van der Waals surface area contributed by atoms with Crippen LogP contribution in [-0.2, 0) is 0 Å². The Labute approximate surface area is 105 Å². The molecule has 2 rings (SSSR count). The molecule has 0 spiro atoms. The quantitative estimate of drug-likeness (QED) is 0.875. The van der Waals surface area contributed by atoms with Gasteiger partial charge in [-0.15, -0.1) is 11.3 Å². The van der Waals surface area contributed by atoms with Crippen LogP contribution in [0.1, 0.15) is 23.8 Å². The van der Waals surface area contributed by atoms with E-state index in [-0.39, 0.29) is 6.04 Å². The van der Waals surface area contributed by atoms with Gasteiger partial charge in [0.05, 0.1) is 5.39 Å². The van der Waals surface area contributed by atoms with E-state index < -0.39 is 0 Å². The van der Waals surface area contributed by atoms with Crippen LogP contribution in [0.15, 0.2) is 6.33 Å². The SMILES string of the molecule is Cc1sc2ncnc(NCCC(C)N)c2c1C. The van der Waals surface area contributed by atoms with Crippen molar-refractivity contribution >= 4 is 27.4 Å². The lowest BCUT2D eigenvalue weighted by atomic mass is 10.2. The molecule has 0 bridgehead atoms. The number of hydrogen-bond acceptors (Lipinski definition) is 5. The normalized spacial score (nSPS) is 12.9. The Kier molecular flexibility index (Phi) is 3.59. The van der Waals surface area contributed by atoms with Crippen LogP contribution < -0.4 is 11.1 Å². The molecule has 92 valence electrons. The molecule has 0 saturated carbocycles. The molecule has 17 heavy (non-hydrogen) atoms. The zero-order chi connectivity index (χ0) is 12.4.